The smallest absolute Gasteiger partial charge is 0.326 e. The first kappa shape index (κ1) is 10.4. The maximum absolute atomic E-state index is 10.6. The van der Waals surface area contributed by atoms with Crippen LogP contribution in [0.2, 0.25) is 0 Å². The molecule has 0 saturated carbocycles. The average Bonchev–Trinajstić information content (AvgIpc) is 1.83. The number of aliphatic hydroxyl groups excluding tert-OH is 1. The van der Waals surface area contributed by atoms with Gasteiger partial charge >= 0.3 is 5.97 Å². The van der Waals surface area contributed by atoms with Crippen LogP contribution in [0.3, 0.4) is 0 Å². The lowest BCUT2D eigenvalue weighted by Gasteiger charge is -2.35. The first-order chi connectivity index (χ1) is 4.75. The van der Waals surface area contributed by atoms with Gasteiger partial charge in [0.15, 0.2) is 0 Å². The Hall–Kier alpha value is -0.610. The summed E-state index contributed by atoms with van der Waals surface area (Å²) in [5, 5.41) is 17.5. The summed E-state index contributed by atoms with van der Waals surface area (Å²) in [4.78, 5) is 10.6. The third-order valence-corrected chi connectivity index (χ3v) is 1.97. The van der Waals surface area contributed by atoms with Crippen molar-refractivity contribution in [3.8, 4) is 0 Å². The van der Waals surface area contributed by atoms with Crippen LogP contribution < -0.4 is 5.73 Å². The van der Waals surface area contributed by atoms with Crippen molar-refractivity contribution < 1.29 is 15.0 Å². The average molecular weight is 161 g/mol. The van der Waals surface area contributed by atoms with Gasteiger partial charge in [0.25, 0.3) is 0 Å². The van der Waals surface area contributed by atoms with Crippen LogP contribution in [0.4, 0.5) is 0 Å². The highest BCUT2D eigenvalue weighted by molar-refractivity contribution is 5.79. The highest BCUT2D eigenvalue weighted by Gasteiger charge is 2.44. The monoisotopic (exact) mass is 161 g/mol. The molecule has 0 aromatic heterocycles. The summed E-state index contributed by atoms with van der Waals surface area (Å²) < 4.78 is 0. The summed E-state index contributed by atoms with van der Waals surface area (Å²) in [6, 6.07) is 0. The predicted octanol–water partition coefficient (Wildman–Crippen LogP) is -0.193. The van der Waals surface area contributed by atoms with Crippen molar-refractivity contribution in [1.82, 2.24) is 0 Å². The lowest BCUT2D eigenvalue weighted by Crippen LogP contribution is -2.60. The maximum Gasteiger partial charge on any atom is 0.326 e. The van der Waals surface area contributed by atoms with Crippen LogP contribution in [0.5, 0.6) is 0 Å². The summed E-state index contributed by atoms with van der Waals surface area (Å²) in [6.07, 6.45) is 0. The zero-order valence-electron chi connectivity index (χ0n) is 7.09. The minimum absolute atomic E-state index is 0.550. The predicted molar refractivity (Wildman–Crippen MR) is 41.1 cm³/mol. The summed E-state index contributed by atoms with van der Waals surface area (Å²) in [6.45, 7) is 4.48. The van der Waals surface area contributed by atoms with E-state index in [1.54, 1.807) is 20.8 Å². The first-order valence-corrected chi connectivity index (χ1v) is 3.39. The molecule has 0 heterocycles. The quantitative estimate of drug-likeness (QED) is 0.524. The second-order valence-corrected chi connectivity index (χ2v) is 3.68. The van der Waals surface area contributed by atoms with Crippen LogP contribution in [0.15, 0.2) is 0 Å². The van der Waals surface area contributed by atoms with Gasteiger partial charge < -0.3 is 15.9 Å². The van der Waals surface area contributed by atoms with Crippen molar-refractivity contribution in [2.75, 3.05) is 6.61 Å². The molecule has 0 aliphatic rings. The third-order valence-electron chi connectivity index (χ3n) is 1.97. The van der Waals surface area contributed by atoms with Gasteiger partial charge in [0.05, 0.1) is 6.61 Å². The van der Waals surface area contributed by atoms with Crippen LogP contribution in [-0.2, 0) is 4.79 Å². The molecule has 0 fully saturated rings. The molecule has 0 aliphatic heterocycles. The highest BCUT2D eigenvalue weighted by atomic mass is 16.4. The van der Waals surface area contributed by atoms with Crippen molar-refractivity contribution in [2.45, 2.75) is 26.3 Å². The Labute approximate surface area is 66.0 Å². The number of aliphatic carboxylic acids is 1. The van der Waals surface area contributed by atoms with Crippen LogP contribution >= 0.6 is 0 Å². The highest BCUT2D eigenvalue weighted by Crippen LogP contribution is 2.27. The molecule has 0 aromatic rings. The van der Waals surface area contributed by atoms with Gasteiger partial charge in [0.1, 0.15) is 5.54 Å². The summed E-state index contributed by atoms with van der Waals surface area (Å²) in [7, 11) is 0. The molecule has 0 rings (SSSR count). The third kappa shape index (κ3) is 1.70. The lowest BCUT2D eigenvalue weighted by atomic mass is 9.75. The van der Waals surface area contributed by atoms with E-state index in [-0.39, 0.29) is 0 Å². The minimum Gasteiger partial charge on any atom is -0.480 e. The van der Waals surface area contributed by atoms with E-state index in [9.17, 15) is 4.79 Å². The molecule has 11 heavy (non-hydrogen) atoms. The van der Waals surface area contributed by atoms with E-state index in [1.165, 1.54) is 0 Å². The molecule has 0 aliphatic carbocycles. The van der Waals surface area contributed by atoms with Gasteiger partial charge in [-0.25, -0.2) is 0 Å². The fourth-order valence-corrected chi connectivity index (χ4v) is 0.626. The van der Waals surface area contributed by atoms with Gasteiger partial charge in [-0.1, -0.05) is 20.8 Å². The number of carbonyl (C=O) groups is 1. The molecular formula is C7H15NO3. The SMILES string of the molecule is CC(C)(C)[C@](N)(CO)C(=O)O. The number of hydrogen-bond donors (Lipinski definition) is 3. The van der Waals surface area contributed by atoms with Crippen LogP contribution in [0, 0.1) is 5.41 Å². The van der Waals surface area contributed by atoms with E-state index in [4.69, 9.17) is 15.9 Å². The van der Waals surface area contributed by atoms with Crippen molar-refractivity contribution in [3.63, 3.8) is 0 Å². The van der Waals surface area contributed by atoms with E-state index in [1.807, 2.05) is 0 Å². The Bertz CT molecular complexity index is 162. The van der Waals surface area contributed by atoms with Gasteiger partial charge in [-0.05, 0) is 5.41 Å². The number of nitrogens with two attached hydrogens (primary N) is 1. The van der Waals surface area contributed by atoms with Crippen molar-refractivity contribution >= 4 is 5.97 Å². The second kappa shape index (κ2) is 2.79. The number of hydrogen-bond acceptors (Lipinski definition) is 3. The minimum atomic E-state index is -1.55. The number of rotatable bonds is 2. The largest absolute Gasteiger partial charge is 0.480 e. The van der Waals surface area contributed by atoms with Crippen LogP contribution in [0.25, 0.3) is 0 Å². The summed E-state index contributed by atoms with van der Waals surface area (Å²) >= 11 is 0. The Morgan fingerprint density at radius 3 is 1.82 bits per heavy atom. The Morgan fingerprint density at radius 2 is 1.82 bits per heavy atom. The fraction of sp³-hybridized carbons (Fsp3) is 0.857. The van der Waals surface area contributed by atoms with Crippen molar-refractivity contribution in [2.24, 2.45) is 11.1 Å². The molecule has 0 aromatic carbocycles. The molecule has 0 amide bonds. The molecule has 4 N–H and O–H groups in total. The van der Waals surface area contributed by atoms with Crippen molar-refractivity contribution in [1.29, 1.82) is 0 Å². The molecule has 0 spiro atoms. The molecule has 0 saturated heterocycles. The Kier molecular flexibility index (Phi) is 2.64. The van der Waals surface area contributed by atoms with E-state index >= 15 is 0 Å². The zero-order valence-corrected chi connectivity index (χ0v) is 7.09. The molecule has 1 atom stereocenters. The standard InChI is InChI=1S/C7H15NO3/c1-6(2,3)7(8,4-9)5(10)11/h9H,4,8H2,1-3H3,(H,10,11)/t7-/m0/s1. The Morgan fingerprint density at radius 1 is 1.45 bits per heavy atom. The number of carboxylic acids is 1. The molecule has 0 radical (unpaired) electrons. The van der Waals surface area contributed by atoms with Gasteiger partial charge in [0.2, 0.25) is 0 Å². The molecule has 0 bridgehead atoms. The van der Waals surface area contributed by atoms with Crippen LogP contribution in [-0.4, -0.2) is 28.3 Å². The van der Waals surface area contributed by atoms with Crippen molar-refractivity contribution in [3.05, 3.63) is 0 Å². The topological polar surface area (TPSA) is 83.5 Å². The van der Waals surface area contributed by atoms with E-state index in [0.29, 0.717) is 0 Å². The summed E-state index contributed by atoms with van der Waals surface area (Å²) in [5.74, 6) is -1.17. The van der Waals surface area contributed by atoms with Crippen LogP contribution in [0.1, 0.15) is 20.8 Å². The first-order valence-electron chi connectivity index (χ1n) is 3.39. The number of aliphatic hydroxyl groups is 1. The summed E-state index contributed by atoms with van der Waals surface area (Å²) in [5.41, 5.74) is 3.27. The van der Waals surface area contributed by atoms with E-state index in [0.717, 1.165) is 0 Å². The molecule has 66 valence electrons. The lowest BCUT2D eigenvalue weighted by molar-refractivity contribution is -0.150. The Balaban J connectivity index is 4.75. The van der Waals surface area contributed by atoms with E-state index < -0.39 is 23.5 Å². The fourth-order valence-electron chi connectivity index (χ4n) is 0.626. The van der Waals surface area contributed by atoms with Gasteiger partial charge in [-0.2, -0.15) is 0 Å². The maximum atomic E-state index is 10.6. The second-order valence-electron chi connectivity index (χ2n) is 3.68. The van der Waals surface area contributed by atoms with E-state index in [2.05, 4.69) is 0 Å². The van der Waals surface area contributed by atoms with Gasteiger partial charge in [0, 0.05) is 0 Å². The molecule has 4 heteroatoms. The molecule has 4 nitrogen and oxygen atoms in total. The molecular weight excluding hydrogens is 146 g/mol. The van der Waals surface area contributed by atoms with Gasteiger partial charge in [-0.3, -0.25) is 4.79 Å². The number of carboxylic acid groups (broad SMARTS) is 1. The zero-order chi connectivity index (χ0) is 9.28. The normalized spacial score (nSPS) is 17.5. The van der Waals surface area contributed by atoms with Gasteiger partial charge in [-0.15, -0.1) is 0 Å². The molecule has 0 unspecified atom stereocenters.